The highest BCUT2D eigenvalue weighted by molar-refractivity contribution is 5.92. The molecule has 0 atom stereocenters. The average molecular weight is 533 g/mol. The van der Waals surface area contributed by atoms with E-state index < -0.39 is 5.97 Å². The second kappa shape index (κ2) is 14.6. The van der Waals surface area contributed by atoms with Gasteiger partial charge in [0.15, 0.2) is 18.1 Å². The lowest BCUT2D eigenvalue weighted by Gasteiger charge is -2.12. The van der Waals surface area contributed by atoms with Gasteiger partial charge in [0.25, 0.3) is 5.91 Å². The number of rotatable bonds is 13. The molecule has 1 N–H and O–H groups in total. The van der Waals surface area contributed by atoms with Crippen molar-refractivity contribution in [2.24, 2.45) is 5.10 Å². The summed E-state index contributed by atoms with van der Waals surface area (Å²) in [6.07, 6.45) is 2.38. The molecule has 8 heteroatoms. The van der Waals surface area contributed by atoms with Crippen molar-refractivity contribution in [3.05, 3.63) is 82.9 Å². The summed E-state index contributed by atoms with van der Waals surface area (Å²) in [7, 11) is 0. The Bertz CT molecular complexity index is 1280. The molecule has 3 aromatic rings. The maximum Gasteiger partial charge on any atom is 0.343 e. The van der Waals surface area contributed by atoms with Gasteiger partial charge in [-0.3, -0.25) is 4.79 Å². The third kappa shape index (κ3) is 8.88. The molecule has 0 aromatic heterocycles. The second-order valence-corrected chi connectivity index (χ2v) is 9.16. The van der Waals surface area contributed by atoms with Crippen molar-refractivity contribution in [3.63, 3.8) is 0 Å². The molecule has 0 unspecified atom stereocenters. The fraction of sp³-hybridized carbons (Fsp3) is 0.323. The standard InChI is InChI=1S/C31H36N2O6/c1-6-16-37-26-13-11-24(12-14-26)31(35)39-27-15-9-23(17-29(27)36-7-2)19-32-33-30(34)20-38-28-18-25(21(3)4)10-8-22(28)5/h8-15,17-19,21H,6-7,16,20H2,1-5H3,(H,33,34)/b32-19-. The van der Waals surface area contributed by atoms with Gasteiger partial charge in [-0.1, -0.05) is 32.9 Å². The van der Waals surface area contributed by atoms with Gasteiger partial charge in [-0.25, -0.2) is 10.2 Å². The summed E-state index contributed by atoms with van der Waals surface area (Å²) >= 11 is 0. The third-order valence-electron chi connectivity index (χ3n) is 5.67. The van der Waals surface area contributed by atoms with Crippen molar-refractivity contribution < 1.29 is 28.5 Å². The molecule has 0 heterocycles. The summed E-state index contributed by atoms with van der Waals surface area (Å²) in [5, 5.41) is 4.01. The molecule has 0 spiro atoms. The molecule has 3 rings (SSSR count). The maximum absolute atomic E-state index is 12.7. The van der Waals surface area contributed by atoms with Crippen LogP contribution in [0, 0.1) is 6.92 Å². The van der Waals surface area contributed by atoms with Crippen LogP contribution in [0.2, 0.25) is 0 Å². The molecule has 39 heavy (non-hydrogen) atoms. The smallest absolute Gasteiger partial charge is 0.343 e. The number of hydrogen-bond donors (Lipinski definition) is 1. The molecule has 0 saturated heterocycles. The van der Waals surface area contributed by atoms with Crippen molar-refractivity contribution in [1.82, 2.24) is 5.43 Å². The normalized spacial score (nSPS) is 10.9. The van der Waals surface area contributed by atoms with Crippen LogP contribution in [-0.2, 0) is 4.79 Å². The lowest BCUT2D eigenvalue weighted by molar-refractivity contribution is -0.123. The van der Waals surface area contributed by atoms with E-state index in [-0.39, 0.29) is 18.3 Å². The Morgan fingerprint density at radius 2 is 1.67 bits per heavy atom. The van der Waals surface area contributed by atoms with Crippen LogP contribution in [0.5, 0.6) is 23.0 Å². The van der Waals surface area contributed by atoms with Gasteiger partial charge in [-0.15, -0.1) is 0 Å². The molecule has 0 fully saturated rings. The number of aryl methyl sites for hydroxylation is 1. The number of nitrogens with one attached hydrogen (secondary N) is 1. The Balaban J connectivity index is 1.58. The van der Waals surface area contributed by atoms with Crippen molar-refractivity contribution in [1.29, 1.82) is 0 Å². The number of carbonyl (C=O) groups excluding carboxylic acids is 2. The molecule has 0 aliphatic heterocycles. The number of hydrazone groups is 1. The Morgan fingerprint density at radius 3 is 2.36 bits per heavy atom. The highest BCUT2D eigenvalue weighted by Crippen LogP contribution is 2.29. The van der Waals surface area contributed by atoms with E-state index in [2.05, 4.69) is 30.4 Å². The van der Waals surface area contributed by atoms with E-state index in [1.807, 2.05) is 32.9 Å². The zero-order valence-corrected chi connectivity index (χ0v) is 23.2. The van der Waals surface area contributed by atoms with Crippen molar-refractivity contribution in [2.75, 3.05) is 19.8 Å². The summed E-state index contributed by atoms with van der Waals surface area (Å²) in [6, 6.07) is 17.8. The predicted octanol–water partition coefficient (Wildman–Crippen LogP) is 6.05. The number of nitrogens with zero attached hydrogens (tertiary/aromatic N) is 1. The first-order chi connectivity index (χ1) is 18.8. The molecule has 8 nitrogen and oxygen atoms in total. The molecule has 0 bridgehead atoms. The first-order valence-corrected chi connectivity index (χ1v) is 13.1. The third-order valence-corrected chi connectivity index (χ3v) is 5.67. The number of hydrogen-bond acceptors (Lipinski definition) is 7. The summed E-state index contributed by atoms with van der Waals surface area (Å²) in [5.74, 6) is 1.49. The fourth-order valence-electron chi connectivity index (χ4n) is 3.51. The van der Waals surface area contributed by atoms with Gasteiger partial charge in [0.1, 0.15) is 11.5 Å². The highest BCUT2D eigenvalue weighted by Gasteiger charge is 2.14. The largest absolute Gasteiger partial charge is 0.494 e. The van der Waals surface area contributed by atoms with E-state index in [0.717, 1.165) is 17.5 Å². The molecule has 206 valence electrons. The van der Waals surface area contributed by atoms with Gasteiger partial charge < -0.3 is 18.9 Å². The highest BCUT2D eigenvalue weighted by atomic mass is 16.6. The minimum atomic E-state index is -0.513. The van der Waals surface area contributed by atoms with E-state index in [1.165, 1.54) is 6.21 Å². The monoisotopic (exact) mass is 532 g/mol. The molecule has 0 saturated carbocycles. The summed E-state index contributed by atoms with van der Waals surface area (Å²) in [4.78, 5) is 24.9. The SMILES string of the molecule is CCCOc1ccc(C(=O)Oc2ccc(/C=N\NC(=O)COc3cc(C(C)C)ccc3C)cc2OCC)cc1. The molecule has 0 radical (unpaired) electrons. The lowest BCUT2D eigenvalue weighted by atomic mass is 10.0. The first kappa shape index (κ1) is 29.2. The Morgan fingerprint density at radius 1 is 0.897 bits per heavy atom. The minimum Gasteiger partial charge on any atom is -0.494 e. The van der Waals surface area contributed by atoms with Crippen LogP contribution < -0.4 is 24.4 Å². The van der Waals surface area contributed by atoms with E-state index >= 15 is 0 Å². The van der Waals surface area contributed by atoms with E-state index in [0.29, 0.717) is 47.5 Å². The van der Waals surface area contributed by atoms with Gasteiger partial charge in [0, 0.05) is 0 Å². The Kier molecular flexibility index (Phi) is 10.9. The molecular formula is C31H36N2O6. The van der Waals surface area contributed by atoms with Crippen molar-refractivity contribution in [2.45, 2.75) is 47.0 Å². The minimum absolute atomic E-state index is 0.162. The number of benzene rings is 3. The zero-order chi connectivity index (χ0) is 28.2. The number of esters is 1. The van der Waals surface area contributed by atoms with Gasteiger partial charge >= 0.3 is 5.97 Å². The van der Waals surface area contributed by atoms with Gasteiger partial charge in [0.2, 0.25) is 0 Å². The second-order valence-electron chi connectivity index (χ2n) is 9.16. The van der Waals surface area contributed by atoms with Crippen molar-refractivity contribution >= 4 is 18.1 Å². The van der Waals surface area contributed by atoms with Gasteiger partial charge in [-0.05, 0) is 91.4 Å². The van der Waals surface area contributed by atoms with Crippen LogP contribution in [0.1, 0.15) is 67.1 Å². The van der Waals surface area contributed by atoms with Gasteiger partial charge in [0.05, 0.1) is 25.0 Å². The maximum atomic E-state index is 12.7. The molecule has 0 aliphatic carbocycles. The van der Waals surface area contributed by atoms with Crippen LogP contribution in [-0.4, -0.2) is 37.9 Å². The van der Waals surface area contributed by atoms with Crippen LogP contribution in [0.25, 0.3) is 0 Å². The predicted molar refractivity (Wildman–Crippen MR) is 151 cm³/mol. The quantitative estimate of drug-likeness (QED) is 0.125. The fourth-order valence-corrected chi connectivity index (χ4v) is 3.51. The molecular weight excluding hydrogens is 496 g/mol. The van der Waals surface area contributed by atoms with E-state index in [9.17, 15) is 9.59 Å². The topological polar surface area (TPSA) is 95.5 Å². The van der Waals surface area contributed by atoms with Crippen molar-refractivity contribution in [3.8, 4) is 23.0 Å². The lowest BCUT2D eigenvalue weighted by Crippen LogP contribution is -2.24. The average Bonchev–Trinajstić information content (AvgIpc) is 2.93. The van der Waals surface area contributed by atoms with Crippen LogP contribution in [0.15, 0.2) is 65.8 Å². The summed E-state index contributed by atoms with van der Waals surface area (Å²) in [5.41, 5.74) is 5.60. The number of carbonyl (C=O) groups is 2. The summed E-state index contributed by atoms with van der Waals surface area (Å²) < 4.78 is 22.5. The number of ether oxygens (including phenoxy) is 4. The Hall–Kier alpha value is -4.33. The Labute approximate surface area is 229 Å². The number of amides is 1. The van der Waals surface area contributed by atoms with E-state index in [1.54, 1.807) is 42.5 Å². The van der Waals surface area contributed by atoms with Gasteiger partial charge in [-0.2, -0.15) is 5.10 Å². The summed E-state index contributed by atoms with van der Waals surface area (Å²) in [6.45, 7) is 10.8. The molecule has 0 aliphatic rings. The van der Waals surface area contributed by atoms with Crippen LogP contribution >= 0.6 is 0 Å². The first-order valence-electron chi connectivity index (χ1n) is 13.1. The zero-order valence-electron chi connectivity index (χ0n) is 23.2. The molecule has 1 amide bonds. The van der Waals surface area contributed by atoms with Crippen LogP contribution in [0.3, 0.4) is 0 Å². The molecule has 3 aromatic carbocycles. The van der Waals surface area contributed by atoms with Crippen LogP contribution in [0.4, 0.5) is 0 Å². The van der Waals surface area contributed by atoms with E-state index in [4.69, 9.17) is 18.9 Å².